The zero-order valence-electron chi connectivity index (χ0n) is 16.0. The number of anilines is 1. The van der Waals surface area contributed by atoms with Crippen LogP contribution in [0.2, 0.25) is 0 Å². The first-order valence-electron chi connectivity index (χ1n) is 9.34. The van der Waals surface area contributed by atoms with E-state index in [1.165, 1.54) is 43.1 Å². The lowest BCUT2D eigenvalue weighted by atomic mass is 10.1. The maximum atomic E-state index is 12.3. The van der Waals surface area contributed by atoms with Crippen LogP contribution in [0.3, 0.4) is 0 Å². The molecule has 0 spiro atoms. The van der Waals surface area contributed by atoms with Crippen LogP contribution in [-0.4, -0.2) is 33.2 Å². The number of hydrogen-bond donors (Lipinski definition) is 1. The summed E-state index contributed by atoms with van der Waals surface area (Å²) in [4.78, 5) is 32.9. The Kier molecular flexibility index (Phi) is 6.84. The summed E-state index contributed by atoms with van der Waals surface area (Å²) in [6.07, 6.45) is 9.89. The Balaban J connectivity index is 2.09. The number of fused-ring (bicyclic) bond motifs is 1. The highest BCUT2D eigenvalue weighted by Gasteiger charge is 2.17. The largest absolute Gasteiger partial charge is 0.348 e. The van der Waals surface area contributed by atoms with Crippen molar-refractivity contribution in [3.63, 3.8) is 0 Å². The van der Waals surface area contributed by atoms with Crippen molar-refractivity contribution in [2.45, 2.75) is 64.8 Å². The Morgan fingerprint density at radius 1 is 1.00 bits per heavy atom. The van der Waals surface area contributed by atoms with E-state index < -0.39 is 5.69 Å². The van der Waals surface area contributed by atoms with Crippen LogP contribution in [-0.2, 0) is 13.6 Å². The lowest BCUT2D eigenvalue weighted by molar-refractivity contribution is 0.547. The molecule has 0 atom stereocenters. The van der Waals surface area contributed by atoms with Gasteiger partial charge in [0.2, 0.25) is 5.95 Å². The maximum absolute atomic E-state index is 12.3. The molecular formula is C18H31N5O2. The number of unbranched alkanes of at least 4 members (excludes halogenated alkanes) is 7. The molecule has 2 rings (SSSR count). The van der Waals surface area contributed by atoms with E-state index in [2.05, 4.69) is 16.9 Å². The van der Waals surface area contributed by atoms with Crippen molar-refractivity contribution in [1.82, 2.24) is 19.1 Å². The monoisotopic (exact) mass is 349 g/mol. The SMILES string of the molecule is CCCCCCCCCCn1c(N(C)C)nc2c1c(=O)[nH]c(=O)n2C. The van der Waals surface area contributed by atoms with Gasteiger partial charge < -0.3 is 9.47 Å². The van der Waals surface area contributed by atoms with Crippen LogP contribution in [0, 0.1) is 0 Å². The van der Waals surface area contributed by atoms with E-state index in [4.69, 9.17) is 0 Å². The first kappa shape index (κ1) is 19.3. The summed E-state index contributed by atoms with van der Waals surface area (Å²) in [5.74, 6) is 0.713. The normalized spacial score (nSPS) is 11.4. The summed E-state index contributed by atoms with van der Waals surface area (Å²) in [5, 5.41) is 0. The summed E-state index contributed by atoms with van der Waals surface area (Å²) < 4.78 is 3.33. The number of nitrogens with zero attached hydrogens (tertiary/aromatic N) is 4. The van der Waals surface area contributed by atoms with Crippen LogP contribution < -0.4 is 16.1 Å². The van der Waals surface area contributed by atoms with Crippen molar-refractivity contribution in [1.29, 1.82) is 0 Å². The van der Waals surface area contributed by atoms with Gasteiger partial charge in [-0.2, -0.15) is 4.98 Å². The summed E-state index contributed by atoms with van der Waals surface area (Å²) in [7, 11) is 5.43. The summed E-state index contributed by atoms with van der Waals surface area (Å²) in [5.41, 5.74) is 0.128. The van der Waals surface area contributed by atoms with Crippen LogP contribution in [0.1, 0.15) is 58.3 Å². The number of aryl methyl sites for hydroxylation is 2. The van der Waals surface area contributed by atoms with Crippen LogP contribution in [0.4, 0.5) is 5.95 Å². The number of rotatable bonds is 10. The Hall–Kier alpha value is -2.05. The van der Waals surface area contributed by atoms with Crippen LogP contribution in [0.15, 0.2) is 9.59 Å². The van der Waals surface area contributed by atoms with E-state index in [1.54, 1.807) is 7.05 Å². The molecule has 140 valence electrons. The molecule has 0 saturated carbocycles. The van der Waals surface area contributed by atoms with Gasteiger partial charge in [0.1, 0.15) is 0 Å². The molecule has 1 N–H and O–H groups in total. The van der Waals surface area contributed by atoms with Crippen molar-refractivity contribution < 1.29 is 0 Å². The second-order valence-corrected chi connectivity index (χ2v) is 6.92. The molecule has 0 aliphatic rings. The number of aromatic amines is 1. The quantitative estimate of drug-likeness (QED) is 0.669. The van der Waals surface area contributed by atoms with Gasteiger partial charge in [-0.05, 0) is 6.42 Å². The molecule has 2 aromatic rings. The molecule has 0 aliphatic carbocycles. The Morgan fingerprint density at radius 3 is 2.20 bits per heavy atom. The van der Waals surface area contributed by atoms with Gasteiger partial charge in [0, 0.05) is 27.7 Å². The van der Waals surface area contributed by atoms with Gasteiger partial charge in [-0.3, -0.25) is 14.3 Å². The molecule has 2 heterocycles. The molecule has 0 bridgehead atoms. The average Bonchev–Trinajstić information content (AvgIpc) is 2.95. The molecular weight excluding hydrogens is 318 g/mol. The number of H-pyrrole nitrogens is 1. The molecule has 0 amide bonds. The third-order valence-electron chi connectivity index (χ3n) is 4.62. The van der Waals surface area contributed by atoms with E-state index >= 15 is 0 Å². The average molecular weight is 349 g/mol. The van der Waals surface area contributed by atoms with Crippen molar-refractivity contribution >= 4 is 17.1 Å². The van der Waals surface area contributed by atoms with Gasteiger partial charge in [-0.25, -0.2) is 4.79 Å². The van der Waals surface area contributed by atoms with Gasteiger partial charge in [0.05, 0.1) is 0 Å². The maximum Gasteiger partial charge on any atom is 0.329 e. The molecule has 0 radical (unpaired) electrons. The molecule has 25 heavy (non-hydrogen) atoms. The Labute approximate surface area is 148 Å². The van der Waals surface area contributed by atoms with Crippen molar-refractivity contribution in [2.75, 3.05) is 19.0 Å². The van der Waals surface area contributed by atoms with Crippen LogP contribution in [0.25, 0.3) is 11.2 Å². The number of hydrogen-bond acceptors (Lipinski definition) is 4. The highest BCUT2D eigenvalue weighted by molar-refractivity contribution is 5.74. The van der Waals surface area contributed by atoms with Gasteiger partial charge in [-0.1, -0.05) is 51.9 Å². The fourth-order valence-electron chi connectivity index (χ4n) is 3.18. The number of aromatic nitrogens is 4. The van der Waals surface area contributed by atoms with E-state index in [1.807, 2.05) is 23.6 Å². The summed E-state index contributed by atoms with van der Waals surface area (Å²) >= 11 is 0. The second kappa shape index (κ2) is 8.87. The first-order chi connectivity index (χ1) is 12.0. The minimum atomic E-state index is -0.431. The lowest BCUT2D eigenvalue weighted by Gasteiger charge is -2.14. The van der Waals surface area contributed by atoms with E-state index in [9.17, 15) is 9.59 Å². The molecule has 0 saturated heterocycles. The fraction of sp³-hybridized carbons (Fsp3) is 0.722. The highest BCUT2D eigenvalue weighted by Crippen LogP contribution is 2.19. The molecule has 0 unspecified atom stereocenters. The fourth-order valence-corrected chi connectivity index (χ4v) is 3.18. The van der Waals surface area contributed by atoms with Gasteiger partial charge in [-0.15, -0.1) is 0 Å². The predicted molar refractivity (Wildman–Crippen MR) is 103 cm³/mol. The molecule has 2 aromatic heterocycles. The van der Waals surface area contributed by atoms with Crippen LogP contribution in [0.5, 0.6) is 0 Å². The van der Waals surface area contributed by atoms with E-state index in [0.717, 1.165) is 19.4 Å². The van der Waals surface area contributed by atoms with Gasteiger partial charge in [0.25, 0.3) is 5.56 Å². The number of imidazole rings is 1. The van der Waals surface area contributed by atoms with E-state index in [0.29, 0.717) is 17.1 Å². The van der Waals surface area contributed by atoms with Gasteiger partial charge >= 0.3 is 5.69 Å². The topological polar surface area (TPSA) is 75.9 Å². The minimum absolute atomic E-state index is 0.363. The molecule has 0 fully saturated rings. The third kappa shape index (κ3) is 4.52. The Bertz CT molecular complexity index is 800. The van der Waals surface area contributed by atoms with Crippen LogP contribution >= 0.6 is 0 Å². The van der Waals surface area contributed by atoms with Gasteiger partial charge in [0.15, 0.2) is 11.2 Å². The lowest BCUT2D eigenvalue weighted by Crippen LogP contribution is -2.29. The van der Waals surface area contributed by atoms with Crippen molar-refractivity contribution in [3.05, 3.63) is 20.8 Å². The van der Waals surface area contributed by atoms with Crippen molar-refractivity contribution in [2.24, 2.45) is 7.05 Å². The molecule has 0 aliphatic heterocycles. The zero-order chi connectivity index (χ0) is 18.4. The molecule has 0 aromatic carbocycles. The highest BCUT2D eigenvalue weighted by atomic mass is 16.2. The van der Waals surface area contributed by atoms with Crippen molar-refractivity contribution in [3.8, 4) is 0 Å². The standard InChI is InChI=1S/C18H31N5O2/c1-5-6-7-8-9-10-11-12-13-23-14-15(19-17(23)21(2)3)22(4)18(25)20-16(14)24/h5-13H2,1-4H3,(H,20,24,25). The Morgan fingerprint density at radius 2 is 1.60 bits per heavy atom. The molecule has 7 nitrogen and oxygen atoms in total. The number of nitrogens with one attached hydrogen (secondary N) is 1. The summed E-state index contributed by atoms with van der Waals surface area (Å²) in [6.45, 7) is 2.97. The summed E-state index contributed by atoms with van der Waals surface area (Å²) in [6, 6.07) is 0. The zero-order valence-corrected chi connectivity index (χ0v) is 16.0. The predicted octanol–water partition coefficient (Wildman–Crippen LogP) is 2.63. The minimum Gasteiger partial charge on any atom is -0.348 e. The third-order valence-corrected chi connectivity index (χ3v) is 4.62. The first-order valence-corrected chi connectivity index (χ1v) is 9.34. The molecule has 7 heteroatoms. The van der Waals surface area contributed by atoms with E-state index in [-0.39, 0.29) is 5.56 Å². The second-order valence-electron chi connectivity index (χ2n) is 6.92. The smallest absolute Gasteiger partial charge is 0.329 e.